The second-order valence-electron chi connectivity index (χ2n) is 7.54. The van der Waals surface area contributed by atoms with E-state index in [0.29, 0.717) is 32.8 Å². The average Bonchev–Trinajstić information content (AvgIpc) is 3.36. The number of anilines is 1. The molecule has 0 aliphatic rings. The molecule has 0 unspecified atom stereocenters. The Kier molecular flexibility index (Phi) is 5.21. The minimum Gasteiger partial charge on any atom is -0.497 e. The van der Waals surface area contributed by atoms with Gasteiger partial charge in [0, 0.05) is 10.9 Å². The summed E-state index contributed by atoms with van der Waals surface area (Å²) < 4.78 is 25.2. The number of aryl methyl sites for hydroxylation is 1. The number of nitrogens with two attached hydrogens (primary N) is 1. The predicted molar refractivity (Wildman–Crippen MR) is 125 cm³/mol. The van der Waals surface area contributed by atoms with E-state index in [1.54, 1.807) is 25.3 Å². The number of ether oxygens (including phenoxy) is 1. The van der Waals surface area contributed by atoms with Crippen LogP contribution in [0.15, 0.2) is 63.9 Å². The summed E-state index contributed by atoms with van der Waals surface area (Å²) in [4.78, 5) is 30.6. The van der Waals surface area contributed by atoms with Crippen molar-refractivity contribution in [1.82, 2.24) is 10.3 Å². The minimum atomic E-state index is -0.804. The van der Waals surface area contributed by atoms with Gasteiger partial charge in [0.15, 0.2) is 7.05 Å². The molecule has 0 radical (unpaired) electrons. The van der Waals surface area contributed by atoms with Gasteiger partial charge >= 0.3 is 11.3 Å². The van der Waals surface area contributed by atoms with Crippen molar-refractivity contribution < 1.29 is 23.1 Å². The van der Waals surface area contributed by atoms with Gasteiger partial charge in [0.2, 0.25) is 0 Å². The Bertz CT molecular complexity index is 1620. The number of nitrogen functional groups attached to an aromatic ring is 1. The molecule has 2 aromatic carbocycles. The highest BCUT2D eigenvalue weighted by atomic mass is 32.1. The molecule has 0 saturated heterocycles. The van der Waals surface area contributed by atoms with Crippen LogP contribution in [-0.4, -0.2) is 23.1 Å². The second-order valence-corrected chi connectivity index (χ2v) is 8.54. The smallest absolute Gasteiger partial charge is 0.438 e. The van der Waals surface area contributed by atoms with Crippen LogP contribution < -0.4 is 20.8 Å². The van der Waals surface area contributed by atoms with E-state index >= 15 is 0 Å². The van der Waals surface area contributed by atoms with Crippen molar-refractivity contribution >= 4 is 33.0 Å². The zero-order valence-electron chi connectivity index (χ0n) is 18.1. The normalized spacial score (nSPS) is 11.1. The Morgan fingerprint density at radius 2 is 1.94 bits per heavy atom. The molecule has 0 saturated carbocycles. The standard InChI is InChI=1S/C24H17FN4O4S/c1-29-20(24(31)33-28-29)21(30)22-19(26)18-16(13-4-3-5-14(25)10-13)11-17(27-23(18)34-22)12-6-8-15(32-2)9-7-12/h3-11H,1-2H3,(H2-,26,28,30,31)/p+1. The largest absolute Gasteiger partial charge is 0.497 e. The van der Waals surface area contributed by atoms with Crippen LogP contribution in [0.4, 0.5) is 10.1 Å². The Labute approximate surface area is 196 Å². The first-order valence-electron chi connectivity index (χ1n) is 10.1. The fourth-order valence-corrected chi connectivity index (χ4v) is 4.84. The molecule has 8 nitrogen and oxygen atoms in total. The number of carbonyl (C=O) groups excluding carboxylic acids is 1. The Morgan fingerprint density at radius 3 is 2.59 bits per heavy atom. The molecule has 0 fully saturated rings. The van der Waals surface area contributed by atoms with Gasteiger partial charge in [-0.05, 0) is 58.9 Å². The van der Waals surface area contributed by atoms with E-state index in [0.717, 1.165) is 16.9 Å². The van der Waals surface area contributed by atoms with Crippen molar-refractivity contribution in [2.24, 2.45) is 7.05 Å². The van der Waals surface area contributed by atoms with E-state index in [1.807, 2.05) is 24.3 Å². The molecule has 5 rings (SSSR count). The number of hydrogen-bond acceptors (Lipinski definition) is 7. The third-order valence-electron chi connectivity index (χ3n) is 5.45. The number of benzene rings is 2. The first-order chi connectivity index (χ1) is 16.4. The first kappa shape index (κ1) is 21.5. The molecular formula is C24H18FN4O4S+. The number of halogens is 1. The van der Waals surface area contributed by atoms with Gasteiger partial charge in [0.05, 0.1) is 18.5 Å². The molecule has 5 aromatic rings. The number of pyridine rings is 1. The van der Waals surface area contributed by atoms with Crippen LogP contribution in [-0.2, 0) is 7.05 Å². The number of fused-ring (bicyclic) bond motifs is 1. The zero-order valence-corrected chi connectivity index (χ0v) is 18.9. The lowest BCUT2D eigenvalue weighted by atomic mass is 9.99. The predicted octanol–water partition coefficient (Wildman–Crippen LogP) is 3.70. The van der Waals surface area contributed by atoms with Crippen LogP contribution in [0.5, 0.6) is 5.75 Å². The Morgan fingerprint density at radius 1 is 1.18 bits per heavy atom. The third kappa shape index (κ3) is 3.54. The van der Waals surface area contributed by atoms with Crippen LogP contribution in [0.3, 0.4) is 0 Å². The molecule has 0 aliphatic heterocycles. The van der Waals surface area contributed by atoms with Crippen molar-refractivity contribution in [3.8, 4) is 28.1 Å². The fraction of sp³-hybridized carbons (Fsp3) is 0.0833. The highest BCUT2D eigenvalue weighted by Gasteiger charge is 2.32. The van der Waals surface area contributed by atoms with E-state index in [9.17, 15) is 14.0 Å². The van der Waals surface area contributed by atoms with Crippen LogP contribution >= 0.6 is 11.3 Å². The molecule has 3 N–H and O–H groups in total. The molecule has 10 heteroatoms. The summed E-state index contributed by atoms with van der Waals surface area (Å²) >= 11 is 1.07. The molecule has 3 heterocycles. The molecule has 0 atom stereocenters. The van der Waals surface area contributed by atoms with Gasteiger partial charge in [-0.3, -0.25) is 9.32 Å². The number of hydrogen-bond donors (Lipinski definition) is 2. The first-order valence-corrected chi connectivity index (χ1v) is 10.9. The van der Waals surface area contributed by atoms with E-state index in [4.69, 9.17) is 20.0 Å². The van der Waals surface area contributed by atoms with Crippen LogP contribution in [0, 0.1) is 5.82 Å². The van der Waals surface area contributed by atoms with Gasteiger partial charge in [-0.25, -0.2) is 14.2 Å². The zero-order chi connectivity index (χ0) is 24.0. The number of carbonyl (C=O) groups is 1. The fourth-order valence-electron chi connectivity index (χ4n) is 3.78. The number of rotatable bonds is 5. The average molecular weight is 477 g/mol. The molecule has 0 spiro atoms. The van der Waals surface area contributed by atoms with Gasteiger partial charge in [-0.15, -0.1) is 11.3 Å². The van der Waals surface area contributed by atoms with Crippen molar-refractivity contribution in [1.29, 1.82) is 0 Å². The third-order valence-corrected chi connectivity index (χ3v) is 6.54. The summed E-state index contributed by atoms with van der Waals surface area (Å²) in [6.45, 7) is 0. The highest BCUT2D eigenvalue weighted by Crippen LogP contribution is 2.42. The monoisotopic (exact) mass is 477 g/mol. The summed E-state index contributed by atoms with van der Waals surface area (Å²) in [6.07, 6.45) is 0. The van der Waals surface area contributed by atoms with Crippen LogP contribution in [0.1, 0.15) is 15.4 Å². The summed E-state index contributed by atoms with van der Waals surface area (Å²) in [5.41, 5.74) is 8.22. The van der Waals surface area contributed by atoms with E-state index in [-0.39, 0.29) is 16.3 Å². The molecule has 170 valence electrons. The number of aromatic amines is 1. The lowest BCUT2D eigenvalue weighted by Crippen LogP contribution is -2.39. The van der Waals surface area contributed by atoms with Gasteiger partial charge in [0.1, 0.15) is 21.3 Å². The van der Waals surface area contributed by atoms with Crippen molar-refractivity contribution in [3.05, 3.63) is 81.4 Å². The van der Waals surface area contributed by atoms with E-state index in [2.05, 4.69) is 5.27 Å². The molecule has 0 aliphatic carbocycles. The molecule has 0 amide bonds. The van der Waals surface area contributed by atoms with Gasteiger partial charge in [0.25, 0.3) is 5.78 Å². The van der Waals surface area contributed by atoms with Gasteiger partial charge in [-0.1, -0.05) is 16.8 Å². The maximum Gasteiger partial charge on any atom is 0.438 e. The van der Waals surface area contributed by atoms with Crippen LogP contribution in [0.25, 0.3) is 32.6 Å². The summed E-state index contributed by atoms with van der Waals surface area (Å²) in [5, 5.41) is 2.84. The van der Waals surface area contributed by atoms with Gasteiger partial charge < -0.3 is 10.5 Å². The number of methoxy groups -OCH3 is 1. The molecule has 3 aromatic heterocycles. The minimum absolute atomic E-state index is 0.148. The van der Waals surface area contributed by atoms with Crippen molar-refractivity contribution in [2.75, 3.05) is 12.8 Å². The SMILES string of the molecule is COc1ccc(-c2cc(-c3cccc(F)c3)c3c(N)c(C(=O)c4c(=O)o[nH][n+]4C)sc3n2)cc1. The quantitative estimate of drug-likeness (QED) is 0.295. The number of H-pyrrole nitrogens is 1. The van der Waals surface area contributed by atoms with Crippen molar-refractivity contribution in [2.45, 2.75) is 0 Å². The number of aromatic nitrogens is 3. The second kappa shape index (κ2) is 8.23. The lowest BCUT2D eigenvalue weighted by molar-refractivity contribution is -0.741. The topological polar surface area (TPSA) is 115 Å². The highest BCUT2D eigenvalue weighted by molar-refractivity contribution is 7.21. The number of thiophene rings is 1. The van der Waals surface area contributed by atoms with E-state index in [1.165, 1.54) is 23.9 Å². The van der Waals surface area contributed by atoms with Crippen LogP contribution in [0.2, 0.25) is 0 Å². The van der Waals surface area contributed by atoms with E-state index < -0.39 is 17.2 Å². The van der Waals surface area contributed by atoms with Crippen molar-refractivity contribution in [3.63, 3.8) is 0 Å². The summed E-state index contributed by atoms with van der Waals surface area (Å²) in [7, 11) is 3.07. The maximum absolute atomic E-state index is 14.1. The number of nitrogens with one attached hydrogen (secondary N) is 1. The number of nitrogens with zero attached hydrogens (tertiary/aromatic N) is 2. The summed E-state index contributed by atoms with van der Waals surface area (Å²) in [5.74, 6) is -0.300. The Balaban J connectivity index is 1.77. The lowest BCUT2D eigenvalue weighted by Gasteiger charge is -2.09. The Hall–Kier alpha value is -4.31. The molecular weight excluding hydrogens is 459 g/mol. The maximum atomic E-state index is 14.1. The summed E-state index contributed by atoms with van der Waals surface area (Å²) in [6, 6.07) is 15.2. The molecule has 34 heavy (non-hydrogen) atoms. The number of ketones is 1. The molecule has 0 bridgehead atoms. The van der Waals surface area contributed by atoms with Gasteiger partial charge in [-0.2, -0.15) is 0 Å².